The second-order valence-electron chi connectivity index (χ2n) is 9.89. The first kappa shape index (κ1) is 26.8. The SMILES string of the molecule is CCC(OC(=O)NCc1ccccc1)c1cc(-c2ccc(OC(C)(C)C(=O)OC(C)(C)C)cc2)no1. The van der Waals surface area contributed by atoms with Crippen molar-refractivity contribution in [3.05, 3.63) is 72.0 Å². The van der Waals surface area contributed by atoms with E-state index in [4.69, 9.17) is 18.7 Å². The molecule has 0 aliphatic rings. The van der Waals surface area contributed by atoms with Crippen LogP contribution in [0.25, 0.3) is 11.3 Å². The maximum atomic E-state index is 12.4. The maximum absolute atomic E-state index is 12.4. The van der Waals surface area contributed by atoms with Crippen LogP contribution < -0.4 is 10.1 Å². The van der Waals surface area contributed by atoms with Crippen molar-refractivity contribution in [3.63, 3.8) is 0 Å². The van der Waals surface area contributed by atoms with E-state index < -0.39 is 29.4 Å². The number of hydrogen-bond donors (Lipinski definition) is 1. The van der Waals surface area contributed by atoms with Gasteiger partial charge in [-0.05, 0) is 70.9 Å². The number of carbonyl (C=O) groups excluding carboxylic acids is 2. The van der Waals surface area contributed by atoms with Crippen LogP contribution in [0.5, 0.6) is 5.75 Å². The highest BCUT2D eigenvalue weighted by molar-refractivity contribution is 5.79. The monoisotopic (exact) mass is 494 g/mol. The van der Waals surface area contributed by atoms with E-state index in [-0.39, 0.29) is 0 Å². The minimum atomic E-state index is -1.15. The minimum absolute atomic E-state index is 0.372. The Balaban J connectivity index is 1.60. The van der Waals surface area contributed by atoms with Crippen LogP contribution >= 0.6 is 0 Å². The van der Waals surface area contributed by atoms with Crippen LogP contribution in [0.1, 0.15) is 65.4 Å². The summed E-state index contributed by atoms with van der Waals surface area (Å²) in [6.07, 6.45) is -0.572. The third-order valence-corrected chi connectivity index (χ3v) is 5.16. The molecule has 8 heteroatoms. The van der Waals surface area contributed by atoms with Crippen molar-refractivity contribution in [1.29, 1.82) is 0 Å². The Morgan fingerprint density at radius 2 is 1.67 bits per heavy atom. The Hall–Kier alpha value is -3.81. The maximum Gasteiger partial charge on any atom is 0.408 e. The van der Waals surface area contributed by atoms with E-state index in [2.05, 4.69) is 10.5 Å². The molecule has 1 unspecified atom stereocenters. The van der Waals surface area contributed by atoms with Gasteiger partial charge in [0.2, 0.25) is 0 Å². The molecular formula is C28H34N2O6. The summed E-state index contributed by atoms with van der Waals surface area (Å²) in [5.41, 5.74) is 0.606. The van der Waals surface area contributed by atoms with Crippen LogP contribution in [0, 0.1) is 0 Å². The number of esters is 1. The topological polar surface area (TPSA) is 99.9 Å². The summed E-state index contributed by atoms with van der Waals surface area (Å²) in [6, 6.07) is 18.5. The predicted octanol–water partition coefficient (Wildman–Crippen LogP) is 6.22. The van der Waals surface area contributed by atoms with Gasteiger partial charge in [0.15, 0.2) is 17.5 Å². The van der Waals surface area contributed by atoms with Gasteiger partial charge in [-0.25, -0.2) is 9.59 Å². The Morgan fingerprint density at radius 1 is 1.00 bits per heavy atom. The molecule has 0 saturated carbocycles. The number of nitrogens with zero attached hydrogens (tertiary/aromatic N) is 1. The number of alkyl carbamates (subject to hydrolysis) is 1. The summed E-state index contributed by atoms with van der Waals surface area (Å²) in [5, 5.41) is 6.87. The fraction of sp³-hybridized carbons (Fsp3) is 0.393. The van der Waals surface area contributed by atoms with Crippen molar-refractivity contribution in [3.8, 4) is 17.0 Å². The van der Waals surface area contributed by atoms with Gasteiger partial charge >= 0.3 is 12.1 Å². The first-order valence-corrected chi connectivity index (χ1v) is 11.9. The average Bonchev–Trinajstić information content (AvgIpc) is 3.31. The van der Waals surface area contributed by atoms with Crippen molar-refractivity contribution in [2.45, 2.75) is 71.8 Å². The van der Waals surface area contributed by atoms with Gasteiger partial charge in [-0.2, -0.15) is 0 Å². The van der Waals surface area contributed by atoms with E-state index in [0.29, 0.717) is 30.2 Å². The molecule has 0 saturated heterocycles. The molecule has 3 aromatic rings. The molecule has 0 aliphatic heterocycles. The van der Waals surface area contributed by atoms with E-state index in [0.717, 1.165) is 11.1 Å². The van der Waals surface area contributed by atoms with Gasteiger partial charge in [0.05, 0.1) is 0 Å². The fourth-order valence-corrected chi connectivity index (χ4v) is 3.29. The van der Waals surface area contributed by atoms with Crippen molar-refractivity contribution < 1.29 is 28.3 Å². The summed E-state index contributed by atoms with van der Waals surface area (Å²) in [4.78, 5) is 24.7. The van der Waals surface area contributed by atoms with E-state index in [1.54, 1.807) is 32.0 Å². The van der Waals surface area contributed by atoms with E-state index >= 15 is 0 Å². The lowest BCUT2D eigenvalue weighted by Crippen LogP contribution is -2.43. The molecule has 0 radical (unpaired) electrons. The Bertz CT molecular complexity index is 1150. The number of aromatic nitrogens is 1. The lowest BCUT2D eigenvalue weighted by atomic mass is 10.1. The standard InChI is InChI=1S/C28H34N2O6/c1-7-23(33-26(32)29-18-19-11-9-8-10-12-19)24-17-22(30-36-24)20-13-15-21(16-14-20)34-28(5,6)25(31)35-27(2,3)4/h8-17,23H,7,18H2,1-6H3,(H,29,32). The van der Waals surface area contributed by atoms with Crippen LogP contribution in [0.4, 0.5) is 4.79 Å². The van der Waals surface area contributed by atoms with Crippen LogP contribution in [-0.2, 0) is 20.8 Å². The summed E-state index contributed by atoms with van der Waals surface area (Å²) < 4.78 is 22.3. The molecule has 0 spiro atoms. The average molecular weight is 495 g/mol. The van der Waals surface area contributed by atoms with Gasteiger partial charge in [-0.15, -0.1) is 0 Å². The van der Waals surface area contributed by atoms with Crippen LogP contribution in [0.3, 0.4) is 0 Å². The molecule has 1 aromatic heterocycles. The van der Waals surface area contributed by atoms with Crippen LogP contribution in [-0.4, -0.2) is 28.4 Å². The number of ether oxygens (including phenoxy) is 3. The molecule has 2 aromatic carbocycles. The molecule has 1 heterocycles. The normalized spacial score (nSPS) is 12.5. The summed E-state index contributed by atoms with van der Waals surface area (Å²) in [6.45, 7) is 11.0. The number of carbonyl (C=O) groups is 2. The zero-order valence-electron chi connectivity index (χ0n) is 21.7. The number of rotatable bonds is 9. The molecule has 1 atom stereocenters. The van der Waals surface area contributed by atoms with Crippen molar-refractivity contribution in [2.75, 3.05) is 0 Å². The first-order chi connectivity index (χ1) is 17.0. The predicted molar refractivity (Wildman–Crippen MR) is 135 cm³/mol. The molecule has 192 valence electrons. The zero-order chi connectivity index (χ0) is 26.3. The van der Waals surface area contributed by atoms with Gasteiger partial charge in [0, 0.05) is 18.2 Å². The second-order valence-corrected chi connectivity index (χ2v) is 9.89. The number of amides is 1. The van der Waals surface area contributed by atoms with Gasteiger partial charge in [-0.1, -0.05) is 42.4 Å². The second kappa shape index (κ2) is 11.3. The Morgan fingerprint density at radius 3 is 2.28 bits per heavy atom. The van der Waals surface area contributed by atoms with Crippen LogP contribution in [0.2, 0.25) is 0 Å². The van der Waals surface area contributed by atoms with Crippen molar-refractivity contribution >= 4 is 12.1 Å². The first-order valence-electron chi connectivity index (χ1n) is 11.9. The Labute approximate surface area is 211 Å². The van der Waals surface area contributed by atoms with Crippen LogP contribution in [0.15, 0.2) is 65.2 Å². The molecule has 0 fully saturated rings. The zero-order valence-corrected chi connectivity index (χ0v) is 21.7. The molecule has 1 N–H and O–H groups in total. The van der Waals surface area contributed by atoms with E-state index in [1.807, 2.05) is 70.2 Å². The largest absolute Gasteiger partial charge is 0.476 e. The third kappa shape index (κ3) is 7.60. The highest BCUT2D eigenvalue weighted by atomic mass is 16.6. The minimum Gasteiger partial charge on any atom is -0.476 e. The number of hydrogen-bond acceptors (Lipinski definition) is 7. The van der Waals surface area contributed by atoms with Crippen molar-refractivity contribution in [1.82, 2.24) is 10.5 Å². The van der Waals surface area contributed by atoms with Gasteiger partial charge < -0.3 is 24.1 Å². The quantitative estimate of drug-likeness (QED) is 0.353. The Kier molecular flexibility index (Phi) is 8.40. The summed E-state index contributed by atoms with van der Waals surface area (Å²) >= 11 is 0. The van der Waals surface area contributed by atoms with Gasteiger partial charge in [-0.3, -0.25) is 0 Å². The molecule has 0 bridgehead atoms. The highest BCUT2D eigenvalue weighted by Crippen LogP contribution is 2.29. The molecule has 36 heavy (non-hydrogen) atoms. The molecule has 1 amide bonds. The van der Waals surface area contributed by atoms with E-state index in [1.165, 1.54) is 0 Å². The lowest BCUT2D eigenvalue weighted by molar-refractivity contribution is -0.170. The molecular weight excluding hydrogens is 460 g/mol. The molecule has 0 aliphatic carbocycles. The van der Waals surface area contributed by atoms with Gasteiger partial charge in [0.25, 0.3) is 0 Å². The summed E-state index contributed by atoms with van der Waals surface area (Å²) in [7, 11) is 0. The van der Waals surface area contributed by atoms with Gasteiger partial charge in [0.1, 0.15) is 17.0 Å². The smallest absolute Gasteiger partial charge is 0.408 e. The molecule has 3 rings (SSSR count). The fourth-order valence-electron chi connectivity index (χ4n) is 3.29. The summed E-state index contributed by atoms with van der Waals surface area (Å²) in [5.74, 6) is 0.524. The molecule has 8 nitrogen and oxygen atoms in total. The van der Waals surface area contributed by atoms with E-state index in [9.17, 15) is 9.59 Å². The number of benzene rings is 2. The third-order valence-electron chi connectivity index (χ3n) is 5.16. The highest BCUT2D eigenvalue weighted by Gasteiger charge is 2.34. The number of nitrogens with one attached hydrogen (secondary N) is 1. The lowest BCUT2D eigenvalue weighted by Gasteiger charge is -2.29. The van der Waals surface area contributed by atoms with Crippen molar-refractivity contribution in [2.24, 2.45) is 0 Å².